The van der Waals surface area contributed by atoms with Crippen molar-refractivity contribution in [1.82, 2.24) is 5.32 Å². The lowest BCUT2D eigenvalue weighted by molar-refractivity contribution is 0.0963. The number of aliphatic hydroxyl groups is 1. The van der Waals surface area contributed by atoms with Gasteiger partial charge in [-0.3, -0.25) is 4.79 Å². The summed E-state index contributed by atoms with van der Waals surface area (Å²) < 4.78 is 0. The van der Waals surface area contributed by atoms with Crippen LogP contribution in [-0.4, -0.2) is 30.7 Å². The van der Waals surface area contributed by atoms with Gasteiger partial charge in [0.2, 0.25) is 0 Å². The molecule has 0 aliphatic heterocycles. The predicted octanol–water partition coefficient (Wildman–Crippen LogP) is 0.811. The minimum absolute atomic E-state index is 0.152. The van der Waals surface area contributed by atoms with Gasteiger partial charge in [-0.05, 0) is 37.0 Å². The van der Waals surface area contributed by atoms with Crippen LogP contribution in [0.3, 0.4) is 0 Å². The van der Waals surface area contributed by atoms with E-state index in [1.807, 2.05) is 0 Å². The first-order chi connectivity index (χ1) is 8.61. The number of nitrogen functional groups attached to an aromatic ring is 1. The molecule has 0 spiro atoms. The maximum atomic E-state index is 11.5. The van der Waals surface area contributed by atoms with Gasteiger partial charge in [-0.2, -0.15) is 0 Å². The molecule has 1 aliphatic rings. The standard InChI is InChI=1S/C13H19N3O2/c1-15-13(18)9-4-5-10(14)11(6-9)16-7-12(17)8-2-3-8/h4-6,8,12,16-17H,2-3,7,14H2,1H3,(H,15,18). The molecule has 1 atom stereocenters. The smallest absolute Gasteiger partial charge is 0.251 e. The van der Waals surface area contributed by atoms with Crippen LogP contribution in [0.2, 0.25) is 0 Å². The Morgan fingerprint density at radius 2 is 2.28 bits per heavy atom. The van der Waals surface area contributed by atoms with Crippen LogP contribution in [0.1, 0.15) is 23.2 Å². The molecule has 2 rings (SSSR count). The topological polar surface area (TPSA) is 87.4 Å². The van der Waals surface area contributed by atoms with E-state index >= 15 is 0 Å². The van der Waals surface area contributed by atoms with Gasteiger partial charge in [0, 0.05) is 19.2 Å². The summed E-state index contributed by atoms with van der Waals surface area (Å²) in [4.78, 5) is 11.5. The summed E-state index contributed by atoms with van der Waals surface area (Å²) in [5.41, 5.74) is 7.65. The molecule has 5 N–H and O–H groups in total. The van der Waals surface area contributed by atoms with Crippen LogP contribution in [0.5, 0.6) is 0 Å². The van der Waals surface area contributed by atoms with Crippen molar-refractivity contribution in [3.63, 3.8) is 0 Å². The first-order valence-corrected chi connectivity index (χ1v) is 6.15. The van der Waals surface area contributed by atoms with Gasteiger partial charge < -0.3 is 21.5 Å². The van der Waals surface area contributed by atoms with Crippen molar-refractivity contribution in [2.75, 3.05) is 24.6 Å². The van der Waals surface area contributed by atoms with Gasteiger partial charge in [0.25, 0.3) is 5.91 Å². The van der Waals surface area contributed by atoms with Crippen molar-refractivity contribution in [2.45, 2.75) is 18.9 Å². The van der Waals surface area contributed by atoms with Gasteiger partial charge in [-0.1, -0.05) is 0 Å². The quantitative estimate of drug-likeness (QED) is 0.582. The Hall–Kier alpha value is -1.75. The molecular weight excluding hydrogens is 230 g/mol. The van der Waals surface area contributed by atoms with Crippen LogP contribution in [0.4, 0.5) is 11.4 Å². The molecule has 1 aromatic rings. The number of benzene rings is 1. The Kier molecular flexibility index (Phi) is 3.72. The summed E-state index contributed by atoms with van der Waals surface area (Å²) in [5, 5.41) is 15.4. The molecule has 0 radical (unpaired) electrons. The molecule has 0 heterocycles. The zero-order valence-electron chi connectivity index (χ0n) is 10.4. The number of carbonyl (C=O) groups is 1. The number of carbonyl (C=O) groups excluding carboxylic acids is 1. The molecule has 5 nitrogen and oxygen atoms in total. The highest BCUT2D eigenvalue weighted by Crippen LogP contribution is 2.32. The van der Waals surface area contributed by atoms with Crippen LogP contribution in [0.25, 0.3) is 0 Å². The van der Waals surface area contributed by atoms with Gasteiger partial charge in [-0.15, -0.1) is 0 Å². The van der Waals surface area contributed by atoms with Gasteiger partial charge in [0.15, 0.2) is 0 Å². The molecule has 1 amide bonds. The van der Waals surface area contributed by atoms with Crippen molar-refractivity contribution < 1.29 is 9.90 Å². The maximum absolute atomic E-state index is 11.5. The summed E-state index contributed by atoms with van der Waals surface area (Å²) in [6.07, 6.45) is 1.85. The van der Waals surface area contributed by atoms with Crippen molar-refractivity contribution in [3.8, 4) is 0 Å². The highest BCUT2D eigenvalue weighted by molar-refractivity contribution is 5.96. The first-order valence-electron chi connectivity index (χ1n) is 6.15. The highest BCUT2D eigenvalue weighted by atomic mass is 16.3. The second kappa shape index (κ2) is 5.27. The summed E-state index contributed by atoms with van der Waals surface area (Å²) in [5.74, 6) is 0.265. The van der Waals surface area contributed by atoms with E-state index in [9.17, 15) is 9.90 Å². The largest absolute Gasteiger partial charge is 0.397 e. The number of amides is 1. The second-order valence-corrected chi connectivity index (χ2v) is 4.67. The lowest BCUT2D eigenvalue weighted by Crippen LogP contribution is -2.22. The van der Waals surface area contributed by atoms with E-state index < -0.39 is 0 Å². The Labute approximate surface area is 106 Å². The molecule has 18 heavy (non-hydrogen) atoms. The summed E-state index contributed by atoms with van der Waals surface area (Å²) >= 11 is 0. The van der Waals surface area contributed by atoms with Crippen LogP contribution in [-0.2, 0) is 0 Å². The number of hydrogen-bond acceptors (Lipinski definition) is 4. The third kappa shape index (κ3) is 2.92. The van der Waals surface area contributed by atoms with Crippen molar-refractivity contribution in [1.29, 1.82) is 0 Å². The van der Waals surface area contributed by atoms with E-state index in [1.165, 1.54) is 0 Å². The Bertz CT molecular complexity index is 444. The third-order valence-electron chi connectivity index (χ3n) is 3.21. The summed E-state index contributed by atoms with van der Waals surface area (Å²) in [7, 11) is 1.59. The van der Waals surface area contributed by atoms with E-state index in [1.54, 1.807) is 25.2 Å². The molecule has 0 saturated heterocycles. The average molecular weight is 249 g/mol. The zero-order chi connectivity index (χ0) is 13.1. The van der Waals surface area contributed by atoms with E-state index in [0.717, 1.165) is 12.8 Å². The first kappa shape index (κ1) is 12.7. The number of hydrogen-bond donors (Lipinski definition) is 4. The predicted molar refractivity (Wildman–Crippen MR) is 71.5 cm³/mol. The van der Waals surface area contributed by atoms with Crippen LogP contribution in [0, 0.1) is 5.92 Å². The molecule has 98 valence electrons. The number of aliphatic hydroxyl groups excluding tert-OH is 1. The van der Waals surface area contributed by atoms with Crippen LogP contribution in [0.15, 0.2) is 18.2 Å². The second-order valence-electron chi connectivity index (χ2n) is 4.67. The monoisotopic (exact) mass is 249 g/mol. The van der Waals surface area contributed by atoms with E-state index in [2.05, 4.69) is 10.6 Å². The zero-order valence-corrected chi connectivity index (χ0v) is 10.4. The minimum Gasteiger partial charge on any atom is -0.397 e. The lowest BCUT2D eigenvalue weighted by atomic mass is 10.1. The third-order valence-corrected chi connectivity index (χ3v) is 3.21. The molecule has 1 aliphatic carbocycles. The van der Waals surface area contributed by atoms with Gasteiger partial charge in [-0.25, -0.2) is 0 Å². The fourth-order valence-corrected chi connectivity index (χ4v) is 1.86. The van der Waals surface area contributed by atoms with Gasteiger partial charge >= 0.3 is 0 Å². The average Bonchev–Trinajstić information content (AvgIpc) is 3.20. The molecule has 0 aromatic heterocycles. The maximum Gasteiger partial charge on any atom is 0.251 e. The molecule has 1 fully saturated rings. The highest BCUT2D eigenvalue weighted by Gasteiger charge is 2.29. The summed E-state index contributed by atoms with van der Waals surface area (Å²) in [6.45, 7) is 0.464. The molecular formula is C13H19N3O2. The number of anilines is 2. The minimum atomic E-state index is -0.340. The van der Waals surface area contributed by atoms with Crippen molar-refractivity contribution >= 4 is 17.3 Å². The molecule has 1 saturated carbocycles. The Morgan fingerprint density at radius 3 is 2.89 bits per heavy atom. The van der Waals surface area contributed by atoms with E-state index in [0.29, 0.717) is 29.4 Å². The van der Waals surface area contributed by atoms with Crippen molar-refractivity contribution in [3.05, 3.63) is 23.8 Å². The van der Waals surface area contributed by atoms with Crippen LogP contribution >= 0.6 is 0 Å². The molecule has 1 unspecified atom stereocenters. The molecule has 5 heteroatoms. The normalized spacial score (nSPS) is 16.1. The number of nitrogens with two attached hydrogens (primary N) is 1. The summed E-state index contributed by atoms with van der Waals surface area (Å²) in [6, 6.07) is 5.07. The van der Waals surface area contributed by atoms with Gasteiger partial charge in [0.05, 0.1) is 17.5 Å². The molecule has 1 aromatic carbocycles. The van der Waals surface area contributed by atoms with E-state index in [-0.39, 0.29) is 12.0 Å². The SMILES string of the molecule is CNC(=O)c1ccc(N)c(NCC(O)C2CC2)c1. The Morgan fingerprint density at radius 1 is 1.56 bits per heavy atom. The van der Waals surface area contributed by atoms with Crippen molar-refractivity contribution in [2.24, 2.45) is 5.92 Å². The fourth-order valence-electron chi connectivity index (χ4n) is 1.86. The van der Waals surface area contributed by atoms with Crippen LogP contribution < -0.4 is 16.4 Å². The molecule has 0 bridgehead atoms. The number of nitrogens with one attached hydrogen (secondary N) is 2. The Balaban J connectivity index is 2.03. The number of rotatable bonds is 5. The lowest BCUT2D eigenvalue weighted by Gasteiger charge is -2.14. The fraction of sp³-hybridized carbons (Fsp3) is 0.462. The van der Waals surface area contributed by atoms with Gasteiger partial charge in [0.1, 0.15) is 0 Å². The van der Waals surface area contributed by atoms with E-state index in [4.69, 9.17) is 5.73 Å².